The van der Waals surface area contributed by atoms with E-state index in [9.17, 15) is 5.11 Å². The van der Waals surface area contributed by atoms with Gasteiger partial charge in [0, 0.05) is 19.3 Å². The number of pyridine rings is 1. The first-order valence-electron chi connectivity index (χ1n) is 6.60. The number of rotatable bonds is 5. The Morgan fingerprint density at radius 1 is 1.42 bits per heavy atom. The van der Waals surface area contributed by atoms with Gasteiger partial charge in [0.05, 0.1) is 15.6 Å². The molecule has 6 heteroatoms. The number of anilines is 1. The van der Waals surface area contributed by atoms with Crippen molar-refractivity contribution in [2.24, 2.45) is 0 Å². The highest BCUT2D eigenvalue weighted by molar-refractivity contribution is 9.10. The highest BCUT2D eigenvalue weighted by Gasteiger charge is 2.14. The summed E-state index contributed by atoms with van der Waals surface area (Å²) in [5, 5.41) is 13.8. The molecule has 106 valence electrons. The lowest BCUT2D eigenvalue weighted by Gasteiger charge is -2.28. The maximum Gasteiger partial charge on any atom is 0.140 e. The van der Waals surface area contributed by atoms with Crippen LogP contribution in [0, 0.1) is 0 Å². The predicted molar refractivity (Wildman–Crippen MR) is 81.7 cm³/mol. The van der Waals surface area contributed by atoms with Crippen LogP contribution < -0.4 is 5.32 Å². The van der Waals surface area contributed by atoms with E-state index in [4.69, 9.17) is 11.6 Å². The maximum absolute atomic E-state index is 10.0. The van der Waals surface area contributed by atoms with Crippen molar-refractivity contribution in [1.29, 1.82) is 0 Å². The molecule has 1 aromatic rings. The van der Waals surface area contributed by atoms with Crippen LogP contribution in [-0.2, 0) is 0 Å². The summed E-state index contributed by atoms with van der Waals surface area (Å²) in [6.07, 6.45) is 5.00. The van der Waals surface area contributed by atoms with Gasteiger partial charge in [-0.3, -0.25) is 0 Å². The first kappa shape index (κ1) is 15.0. The third-order valence-corrected chi connectivity index (χ3v) is 4.04. The average molecular weight is 349 g/mol. The number of aromatic nitrogens is 1. The smallest absolute Gasteiger partial charge is 0.140 e. The van der Waals surface area contributed by atoms with Gasteiger partial charge >= 0.3 is 0 Å². The first-order chi connectivity index (χ1) is 9.15. The minimum absolute atomic E-state index is 0.387. The number of aliphatic hydroxyl groups is 1. The molecule has 0 aliphatic carbocycles. The molecule has 2 N–H and O–H groups in total. The van der Waals surface area contributed by atoms with Crippen molar-refractivity contribution in [1.82, 2.24) is 9.88 Å². The van der Waals surface area contributed by atoms with Gasteiger partial charge in [-0.15, -0.1) is 0 Å². The molecule has 1 aliphatic rings. The van der Waals surface area contributed by atoms with E-state index in [0.717, 1.165) is 24.1 Å². The molecule has 1 unspecified atom stereocenters. The van der Waals surface area contributed by atoms with E-state index in [1.54, 1.807) is 12.3 Å². The minimum Gasteiger partial charge on any atom is -0.390 e. The van der Waals surface area contributed by atoms with Crippen molar-refractivity contribution in [2.75, 3.05) is 31.5 Å². The van der Waals surface area contributed by atoms with Gasteiger partial charge in [-0.1, -0.05) is 18.0 Å². The number of likely N-dealkylation sites (tertiary alicyclic amines) is 1. The highest BCUT2D eigenvalue weighted by atomic mass is 79.9. The van der Waals surface area contributed by atoms with Gasteiger partial charge in [-0.25, -0.2) is 4.98 Å². The lowest BCUT2D eigenvalue weighted by Crippen LogP contribution is -2.39. The van der Waals surface area contributed by atoms with E-state index in [0.29, 0.717) is 17.4 Å². The monoisotopic (exact) mass is 347 g/mol. The Hall–Kier alpha value is -0.360. The molecular formula is C13H19BrClN3O. The SMILES string of the molecule is OC(CNc1ncc(Cl)cc1Br)CN1CCCCC1. The van der Waals surface area contributed by atoms with Crippen molar-refractivity contribution in [3.05, 3.63) is 21.8 Å². The number of hydrogen-bond donors (Lipinski definition) is 2. The molecule has 19 heavy (non-hydrogen) atoms. The third kappa shape index (κ3) is 4.91. The normalized spacial score (nSPS) is 18.3. The zero-order valence-electron chi connectivity index (χ0n) is 10.8. The number of nitrogens with one attached hydrogen (secondary N) is 1. The number of halogens is 2. The van der Waals surface area contributed by atoms with Gasteiger partial charge in [-0.05, 0) is 47.9 Å². The number of β-amino-alcohol motifs (C(OH)–C–C–N with tert-alkyl or cyclic N) is 1. The van der Waals surface area contributed by atoms with Gasteiger partial charge in [0.2, 0.25) is 0 Å². The fourth-order valence-electron chi connectivity index (χ4n) is 2.26. The molecule has 2 rings (SSSR count). The zero-order valence-corrected chi connectivity index (χ0v) is 13.1. The summed E-state index contributed by atoms with van der Waals surface area (Å²) < 4.78 is 0.810. The zero-order chi connectivity index (χ0) is 13.7. The molecule has 0 aromatic carbocycles. The van der Waals surface area contributed by atoms with Crippen molar-refractivity contribution >= 4 is 33.3 Å². The van der Waals surface area contributed by atoms with Crippen LogP contribution in [0.1, 0.15) is 19.3 Å². The Labute approximate surface area is 127 Å². The first-order valence-corrected chi connectivity index (χ1v) is 7.77. The lowest BCUT2D eigenvalue weighted by atomic mass is 10.1. The molecule has 1 atom stereocenters. The fraction of sp³-hybridized carbons (Fsp3) is 0.615. The number of aliphatic hydroxyl groups excluding tert-OH is 1. The molecular weight excluding hydrogens is 330 g/mol. The molecule has 0 radical (unpaired) electrons. The van der Waals surface area contributed by atoms with Crippen LogP contribution >= 0.6 is 27.5 Å². The largest absolute Gasteiger partial charge is 0.390 e. The summed E-state index contributed by atoms with van der Waals surface area (Å²) in [5.74, 6) is 0.710. The second-order valence-electron chi connectivity index (χ2n) is 4.88. The Kier molecular flexibility index (Phi) is 5.88. The number of hydrogen-bond acceptors (Lipinski definition) is 4. The van der Waals surface area contributed by atoms with Crippen molar-refractivity contribution < 1.29 is 5.11 Å². The summed E-state index contributed by atoms with van der Waals surface area (Å²) in [6, 6.07) is 1.79. The predicted octanol–water partition coefficient (Wildman–Crippen LogP) is 2.76. The molecule has 2 heterocycles. The van der Waals surface area contributed by atoms with Gasteiger partial charge in [0.15, 0.2) is 0 Å². The van der Waals surface area contributed by atoms with Crippen LogP contribution in [0.4, 0.5) is 5.82 Å². The summed E-state index contributed by atoms with van der Waals surface area (Å²) in [5.41, 5.74) is 0. The van der Waals surface area contributed by atoms with Gasteiger partial charge in [0.1, 0.15) is 5.82 Å². The molecule has 1 aromatic heterocycles. The van der Waals surface area contributed by atoms with Crippen LogP contribution in [0.3, 0.4) is 0 Å². The minimum atomic E-state index is -0.387. The molecule has 1 aliphatic heterocycles. The quantitative estimate of drug-likeness (QED) is 0.859. The van der Waals surface area contributed by atoms with Gasteiger partial charge in [-0.2, -0.15) is 0 Å². The van der Waals surface area contributed by atoms with Gasteiger partial charge in [0.25, 0.3) is 0 Å². The van der Waals surface area contributed by atoms with E-state index in [1.165, 1.54) is 19.3 Å². The van der Waals surface area contributed by atoms with Gasteiger partial charge < -0.3 is 15.3 Å². The van der Waals surface area contributed by atoms with Crippen molar-refractivity contribution in [3.63, 3.8) is 0 Å². The van der Waals surface area contributed by atoms with Crippen LogP contribution in [0.2, 0.25) is 5.02 Å². The maximum atomic E-state index is 10.0. The van der Waals surface area contributed by atoms with E-state index >= 15 is 0 Å². The lowest BCUT2D eigenvalue weighted by molar-refractivity contribution is 0.109. The van der Waals surface area contributed by atoms with E-state index in [-0.39, 0.29) is 6.10 Å². The van der Waals surface area contributed by atoms with Crippen LogP contribution in [0.25, 0.3) is 0 Å². The molecule has 4 nitrogen and oxygen atoms in total. The molecule has 0 saturated carbocycles. The highest BCUT2D eigenvalue weighted by Crippen LogP contribution is 2.23. The molecule has 0 spiro atoms. The molecule has 0 amide bonds. The van der Waals surface area contributed by atoms with Crippen LogP contribution in [0.15, 0.2) is 16.7 Å². The second-order valence-corrected chi connectivity index (χ2v) is 6.17. The summed E-state index contributed by atoms with van der Waals surface area (Å²) in [4.78, 5) is 6.50. The van der Waals surface area contributed by atoms with Crippen LogP contribution in [0.5, 0.6) is 0 Å². The summed E-state index contributed by atoms with van der Waals surface area (Å²) in [7, 11) is 0. The summed E-state index contributed by atoms with van der Waals surface area (Å²) >= 11 is 9.23. The fourth-order valence-corrected chi connectivity index (χ4v) is 3.04. The Morgan fingerprint density at radius 3 is 2.84 bits per heavy atom. The Bertz CT molecular complexity index is 413. The second kappa shape index (κ2) is 7.43. The van der Waals surface area contributed by atoms with Crippen molar-refractivity contribution in [2.45, 2.75) is 25.4 Å². The third-order valence-electron chi connectivity index (χ3n) is 3.23. The Morgan fingerprint density at radius 2 is 2.16 bits per heavy atom. The summed E-state index contributed by atoms with van der Waals surface area (Å²) in [6.45, 7) is 3.40. The van der Waals surface area contributed by atoms with E-state index < -0.39 is 0 Å². The average Bonchev–Trinajstić information content (AvgIpc) is 2.39. The topological polar surface area (TPSA) is 48.4 Å². The van der Waals surface area contributed by atoms with E-state index in [1.807, 2.05) is 0 Å². The Balaban J connectivity index is 1.77. The molecule has 1 fully saturated rings. The molecule has 0 bridgehead atoms. The number of nitrogens with zero attached hydrogens (tertiary/aromatic N) is 2. The number of piperidine rings is 1. The van der Waals surface area contributed by atoms with Crippen LogP contribution in [-0.4, -0.2) is 47.3 Å². The van der Waals surface area contributed by atoms with E-state index in [2.05, 4.69) is 31.1 Å². The van der Waals surface area contributed by atoms with Crippen molar-refractivity contribution in [3.8, 4) is 0 Å². The molecule has 1 saturated heterocycles. The standard InChI is InChI=1S/C13H19BrClN3O/c14-12-6-10(15)7-16-13(12)17-8-11(19)9-18-4-2-1-3-5-18/h6-7,11,19H,1-5,8-9H2,(H,16,17).